The minimum Gasteiger partial charge on any atom is -0.496 e. The SMILES string of the molecule is COc1ccc(CN)cc1COc1cc(Br)cc(F)c1F. The molecule has 0 saturated carbocycles. The summed E-state index contributed by atoms with van der Waals surface area (Å²) in [5, 5.41) is 0. The quantitative estimate of drug-likeness (QED) is 0.828. The van der Waals surface area contributed by atoms with Gasteiger partial charge in [0.05, 0.1) is 7.11 Å². The summed E-state index contributed by atoms with van der Waals surface area (Å²) < 4.78 is 37.9. The summed E-state index contributed by atoms with van der Waals surface area (Å²) in [6.45, 7) is 0.417. The monoisotopic (exact) mass is 357 g/mol. The zero-order valence-electron chi connectivity index (χ0n) is 11.3. The summed E-state index contributed by atoms with van der Waals surface area (Å²) >= 11 is 3.10. The summed E-state index contributed by atoms with van der Waals surface area (Å²) in [6.07, 6.45) is 0. The third-order valence-electron chi connectivity index (χ3n) is 2.92. The Morgan fingerprint density at radius 1 is 1.14 bits per heavy atom. The van der Waals surface area contributed by atoms with E-state index < -0.39 is 11.6 Å². The molecule has 0 heterocycles. The van der Waals surface area contributed by atoms with E-state index in [-0.39, 0.29) is 12.4 Å². The standard InChI is InChI=1S/C15H14BrF2NO2/c1-20-13-3-2-9(7-19)4-10(13)8-21-14-6-11(16)5-12(17)15(14)18/h2-6H,7-8,19H2,1H3. The van der Waals surface area contributed by atoms with Crippen LogP contribution < -0.4 is 15.2 Å². The summed E-state index contributed by atoms with van der Waals surface area (Å²) in [6, 6.07) is 7.82. The number of nitrogens with two attached hydrogens (primary N) is 1. The van der Waals surface area contributed by atoms with E-state index in [0.717, 1.165) is 11.6 Å². The molecule has 0 radical (unpaired) electrons. The van der Waals surface area contributed by atoms with Crippen molar-refractivity contribution in [3.63, 3.8) is 0 Å². The van der Waals surface area contributed by atoms with Crippen LogP contribution in [-0.2, 0) is 13.2 Å². The molecule has 3 nitrogen and oxygen atoms in total. The molecular formula is C15H14BrF2NO2. The fourth-order valence-corrected chi connectivity index (χ4v) is 2.27. The lowest BCUT2D eigenvalue weighted by molar-refractivity contribution is 0.277. The van der Waals surface area contributed by atoms with Gasteiger partial charge in [0.25, 0.3) is 0 Å². The van der Waals surface area contributed by atoms with Gasteiger partial charge >= 0.3 is 0 Å². The van der Waals surface area contributed by atoms with Gasteiger partial charge in [0.1, 0.15) is 12.4 Å². The lowest BCUT2D eigenvalue weighted by atomic mass is 10.1. The van der Waals surface area contributed by atoms with Crippen LogP contribution in [0.15, 0.2) is 34.8 Å². The Labute approximate surface area is 129 Å². The second kappa shape index (κ2) is 6.87. The molecule has 0 fully saturated rings. The van der Waals surface area contributed by atoms with Crippen molar-refractivity contribution in [1.82, 2.24) is 0 Å². The predicted molar refractivity (Wildman–Crippen MR) is 79.3 cm³/mol. The third-order valence-corrected chi connectivity index (χ3v) is 3.38. The molecule has 0 amide bonds. The van der Waals surface area contributed by atoms with Crippen LogP contribution in [0.25, 0.3) is 0 Å². The molecule has 0 bridgehead atoms. The van der Waals surface area contributed by atoms with E-state index in [2.05, 4.69) is 15.9 Å². The van der Waals surface area contributed by atoms with E-state index in [1.807, 2.05) is 12.1 Å². The molecule has 0 saturated heterocycles. The van der Waals surface area contributed by atoms with E-state index in [4.69, 9.17) is 15.2 Å². The van der Waals surface area contributed by atoms with Crippen molar-refractivity contribution >= 4 is 15.9 Å². The highest BCUT2D eigenvalue weighted by molar-refractivity contribution is 9.10. The Morgan fingerprint density at radius 2 is 1.90 bits per heavy atom. The molecule has 2 rings (SSSR count). The highest BCUT2D eigenvalue weighted by Gasteiger charge is 2.13. The second-order valence-corrected chi connectivity index (χ2v) is 5.25. The molecule has 21 heavy (non-hydrogen) atoms. The first-order chi connectivity index (χ1) is 10.0. The van der Waals surface area contributed by atoms with Gasteiger partial charge in [-0.2, -0.15) is 4.39 Å². The van der Waals surface area contributed by atoms with Crippen molar-refractivity contribution in [3.8, 4) is 11.5 Å². The van der Waals surface area contributed by atoms with Gasteiger partial charge in [-0.25, -0.2) is 4.39 Å². The van der Waals surface area contributed by atoms with Gasteiger partial charge < -0.3 is 15.2 Å². The van der Waals surface area contributed by atoms with Crippen LogP contribution >= 0.6 is 15.9 Å². The molecule has 2 aromatic rings. The third kappa shape index (κ3) is 3.71. The average molecular weight is 358 g/mol. The van der Waals surface area contributed by atoms with Gasteiger partial charge in [0, 0.05) is 16.6 Å². The van der Waals surface area contributed by atoms with E-state index in [9.17, 15) is 8.78 Å². The van der Waals surface area contributed by atoms with Crippen LogP contribution in [-0.4, -0.2) is 7.11 Å². The maximum absolute atomic E-state index is 13.6. The Bertz CT molecular complexity index is 650. The fraction of sp³-hybridized carbons (Fsp3) is 0.200. The maximum atomic E-state index is 13.6. The molecule has 0 aliphatic carbocycles. The second-order valence-electron chi connectivity index (χ2n) is 4.34. The molecule has 0 aromatic heterocycles. The normalized spacial score (nSPS) is 10.5. The van der Waals surface area contributed by atoms with Crippen molar-refractivity contribution in [1.29, 1.82) is 0 Å². The number of rotatable bonds is 5. The topological polar surface area (TPSA) is 44.5 Å². The van der Waals surface area contributed by atoms with Crippen LogP contribution in [0.2, 0.25) is 0 Å². The minimum absolute atomic E-state index is 0.0455. The molecule has 0 aliphatic rings. The van der Waals surface area contributed by atoms with Crippen LogP contribution in [0.3, 0.4) is 0 Å². The molecular weight excluding hydrogens is 344 g/mol. The van der Waals surface area contributed by atoms with E-state index >= 15 is 0 Å². The van der Waals surface area contributed by atoms with Gasteiger partial charge in [-0.15, -0.1) is 0 Å². The molecule has 0 spiro atoms. The molecule has 0 aliphatic heterocycles. The summed E-state index contributed by atoms with van der Waals surface area (Å²) in [7, 11) is 1.53. The fourth-order valence-electron chi connectivity index (χ4n) is 1.86. The van der Waals surface area contributed by atoms with E-state index in [0.29, 0.717) is 22.3 Å². The van der Waals surface area contributed by atoms with E-state index in [1.54, 1.807) is 6.07 Å². The highest BCUT2D eigenvalue weighted by Crippen LogP contribution is 2.27. The van der Waals surface area contributed by atoms with Crippen molar-refractivity contribution in [2.24, 2.45) is 5.73 Å². The van der Waals surface area contributed by atoms with Gasteiger partial charge in [-0.05, 0) is 29.8 Å². The summed E-state index contributed by atoms with van der Waals surface area (Å²) in [5.74, 6) is -1.56. The first kappa shape index (κ1) is 15.7. The zero-order valence-corrected chi connectivity index (χ0v) is 12.9. The molecule has 2 N–H and O–H groups in total. The minimum atomic E-state index is -1.02. The van der Waals surface area contributed by atoms with Crippen LogP contribution in [0, 0.1) is 11.6 Å². The summed E-state index contributed by atoms with van der Waals surface area (Å²) in [4.78, 5) is 0. The van der Waals surface area contributed by atoms with Gasteiger partial charge in [0.15, 0.2) is 11.6 Å². The largest absolute Gasteiger partial charge is 0.496 e. The van der Waals surface area contributed by atoms with Crippen molar-refractivity contribution in [2.75, 3.05) is 7.11 Å². The van der Waals surface area contributed by atoms with Crippen LogP contribution in [0.5, 0.6) is 11.5 Å². The number of benzene rings is 2. The van der Waals surface area contributed by atoms with Crippen LogP contribution in [0.1, 0.15) is 11.1 Å². The lowest BCUT2D eigenvalue weighted by Crippen LogP contribution is -2.04. The first-order valence-electron chi connectivity index (χ1n) is 6.18. The van der Waals surface area contributed by atoms with Crippen LogP contribution in [0.4, 0.5) is 8.78 Å². The maximum Gasteiger partial charge on any atom is 0.200 e. The van der Waals surface area contributed by atoms with Gasteiger partial charge in [-0.3, -0.25) is 0 Å². The molecule has 2 aromatic carbocycles. The molecule has 0 unspecified atom stereocenters. The Kier molecular flexibility index (Phi) is 5.14. The van der Waals surface area contributed by atoms with Crippen molar-refractivity contribution < 1.29 is 18.3 Å². The number of methoxy groups -OCH3 is 1. The Balaban J connectivity index is 2.23. The van der Waals surface area contributed by atoms with Crippen molar-refractivity contribution in [3.05, 3.63) is 57.6 Å². The average Bonchev–Trinajstić information content (AvgIpc) is 2.49. The predicted octanol–water partition coefficient (Wildman–Crippen LogP) is 3.77. The zero-order chi connectivity index (χ0) is 15.4. The number of ether oxygens (including phenoxy) is 2. The van der Waals surface area contributed by atoms with Gasteiger partial charge in [0.2, 0.25) is 5.82 Å². The lowest BCUT2D eigenvalue weighted by Gasteiger charge is -2.12. The molecule has 0 atom stereocenters. The number of hydrogen-bond acceptors (Lipinski definition) is 3. The smallest absolute Gasteiger partial charge is 0.200 e. The van der Waals surface area contributed by atoms with E-state index in [1.165, 1.54) is 13.2 Å². The summed E-state index contributed by atoms with van der Waals surface area (Å²) in [5.41, 5.74) is 7.19. The number of hydrogen-bond donors (Lipinski definition) is 1. The Morgan fingerprint density at radius 3 is 2.57 bits per heavy atom. The first-order valence-corrected chi connectivity index (χ1v) is 6.97. The number of halogens is 3. The molecule has 112 valence electrons. The molecule has 6 heteroatoms. The van der Waals surface area contributed by atoms with Gasteiger partial charge in [-0.1, -0.05) is 22.0 Å². The highest BCUT2D eigenvalue weighted by atomic mass is 79.9. The van der Waals surface area contributed by atoms with Crippen molar-refractivity contribution in [2.45, 2.75) is 13.2 Å². The Hall–Kier alpha value is -1.66.